The van der Waals surface area contributed by atoms with E-state index in [1.165, 1.54) is 6.07 Å². The van der Waals surface area contributed by atoms with Crippen LogP contribution in [0.2, 0.25) is 5.02 Å². The minimum absolute atomic E-state index is 0. The van der Waals surface area contributed by atoms with Gasteiger partial charge in [0.15, 0.2) is 9.84 Å². The summed E-state index contributed by atoms with van der Waals surface area (Å²) < 4.78 is 22.6. The van der Waals surface area contributed by atoms with Gasteiger partial charge in [-0.2, -0.15) is 0 Å². The summed E-state index contributed by atoms with van der Waals surface area (Å²) in [5.41, 5.74) is 0. The third kappa shape index (κ3) is 3.76. The van der Waals surface area contributed by atoms with Crippen LogP contribution in [0.3, 0.4) is 0 Å². The van der Waals surface area contributed by atoms with Crippen LogP contribution in [0.25, 0.3) is 0 Å². The molecule has 0 N–H and O–H groups in total. The smallest absolute Gasteiger partial charge is 0.178 e. The summed E-state index contributed by atoms with van der Waals surface area (Å²) in [7, 11) is -3.11. The Balaban J connectivity index is 0.00000144. The van der Waals surface area contributed by atoms with Crippen LogP contribution in [0, 0.1) is 37.7 Å². The Morgan fingerprint density at radius 1 is 1.38 bits per heavy atom. The topological polar surface area (TPSA) is 34.1 Å². The predicted molar refractivity (Wildman–Crippen MR) is 49.2 cm³/mol. The Kier molecular flexibility index (Phi) is 5.87. The van der Waals surface area contributed by atoms with Gasteiger partial charge in [0.2, 0.25) is 0 Å². The fourth-order valence-electron chi connectivity index (χ4n) is 0.827. The van der Waals surface area contributed by atoms with Crippen molar-refractivity contribution in [3.05, 3.63) is 29.3 Å². The van der Waals surface area contributed by atoms with Gasteiger partial charge in [-0.3, -0.25) is 0 Å². The first-order valence-corrected chi connectivity index (χ1v) is 5.57. The molecule has 1 rings (SSSR count). The quantitative estimate of drug-likeness (QED) is 0.799. The fourth-order valence-corrected chi connectivity index (χ4v) is 2.01. The van der Waals surface area contributed by atoms with E-state index in [1.807, 2.05) is 0 Å². The van der Waals surface area contributed by atoms with E-state index in [1.54, 1.807) is 25.1 Å². The maximum absolute atomic E-state index is 11.3. The van der Waals surface area contributed by atoms with Crippen LogP contribution < -0.4 is 0 Å². The number of hydrogen-bond donors (Lipinski definition) is 0. The van der Waals surface area contributed by atoms with Crippen molar-refractivity contribution in [3.8, 4) is 0 Å². The fraction of sp³-hybridized carbons (Fsp3) is 0.250. The van der Waals surface area contributed by atoms with Gasteiger partial charge in [0.25, 0.3) is 0 Å². The summed E-state index contributed by atoms with van der Waals surface area (Å²) in [6, 6.07) is 6.28. The average molecular weight is 245 g/mol. The summed E-state index contributed by atoms with van der Waals surface area (Å²) in [6.07, 6.45) is 0. The molecule has 0 unspecified atom stereocenters. The molecule has 1 aromatic carbocycles. The van der Waals surface area contributed by atoms with Crippen molar-refractivity contribution in [2.45, 2.75) is 11.8 Å². The zero-order chi connectivity index (χ0) is 9.19. The second-order valence-electron chi connectivity index (χ2n) is 2.36. The molecular weight excluding hydrogens is 236 g/mol. The van der Waals surface area contributed by atoms with E-state index in [0.29, 0.717) is 5.02 Å². The maximum Gasteiger partial charge on any atom is 0.178 e. The molecule has 0 amide bonds. The van der Waals surface area contributed by atoms with Gasteiger partial charge < -0.3 is 0 Å². The zero-order valence-electron chi connectivity index (χ0n) is 6.97. The first-order chi connectivity index (χ1) is 5.56. The molecule has 0 aliphatic heterocycles. The summed E-state index contributed by atoms with van der Waals surface area (Å²) >= 11 is 5.64. The largest absolute Gasteiger partial charge is 0.224 e. The Bertz CT molecular complexity index is 375. The molecule has 0 heterocycles. The summed E-state index contributed by atoms with van der Waals surface area (Å²) in [4.78, 5) is 0.289. The molecular formula is C8H9ArClO2S. The van der Waals surface area contributed by atoms with Crippen molar-refractivity contribution in [3.63, 3.8) is 0 Å². The normalized spacial score (nSPS) is 10.6. The minimum atomic E-state index is -3.11. The molecule has 0 radical (unpaired) electrons. The molecule has 0 spiro atoms. The molecule has 0 bridgehead atoms. The minimum Gasteiger partial charge on any atom is -0.224 e. The van der Waals surface area contributed by atoms with Gasteiger partial charge in [0, 0.05) is 42.8 Å². The van der Waals surface area contributed by atoms with Crippen molar-refractivity contribution < 1.29 is 46.2 Å². The van der Waals surface area contributed by atoms with E-state index in [0.717, 1.165) is 0 Å². The van der Waals surface area contributed by atoms with Gasteiger partial charge >= 0.3 is 0 Å². The Morgan fingerprint density at radius 2 is 2.00 bits per heavy atom. The van der Waals surface area contributed by atoms with Crippen LogP contribution in [0.4, 0.5) is 0 Å². The first kappa shape index (κ1) is 13.7. The average Bonchev–Trinajstić information content (AvgIpc) is 2.05. The number of halogens is 1. The van der Waals surface area contributed by atoms with Gasteiger partial charge in [0.05, 0.1) is 10.6 Å². The molecule has 5 heteroatoms. The van der Waals surface area contributed by atoms with Crippen molar-refractivity contribution in [1.29, 1.82) is 0 Å². The molecule has 0 aliphatic carbocycles. The summed E-state index contributed by atoms with van der Waals surface area (Å²) in [6.45, 7) is 1.61. The SMILES string of the molecule is CCS(=O)(=O)c1cccc(Cl)c1.[Ar]. The summed E-state index contributed by atoms with van der Waals surface area (Å²) in [5.74, 6) is 0.105. The number of hydrogen-bond acceptors (Lipinski definition) is 2. The van der Waals surface area contributed by atoms with Gasteiger partial charge in [-0.15, -0.1) is 0 Å². The Labute approximate surface area is 113 Å². The van der Waals surface area contributed by atoms with Crippen LogP contribution in [0.1, 0.15) is 6.92 Å². The number of rotatable bonds is 2. The van der Waals surface area contributed by atoms with E-state index >= 15 is 0 Å². The van der Waals surface area contributed by atoms with E-state index in [4.69, 9.17) is 11.6 Å². The molecule has 74 valence electrons. The molecule has 0 saturated carbocycles. The molecule has 0 aromatic heterocycles. The van der Waals surface area contributed by atoms with E-state index < -0.39 is 9.84 Å². The molecule has 13 heavy (non-hydrogen) atoms. The monoisotopic (exact) mass is 244 g/mol. The molecule has 2 nitrogen and oxygen atoms in total. The number of benzene rings is 1. The van der Waals surface area contributed by atoms with Crippen LogP contribution in [0.5, 0.6) is 0 Å². The molecule has 0 atom stereocenters. The molecule has 0 saturated heterocycles. The van der Waals surface area contributed by atoms with E-state index in [2.05, 4.69) is 0 Å². The Morgan fingerprint density at radius 3 is 2.46 bits per heavy atom. The molecule has 0 aliphatic rings. The zero-order valence-corrected chi connectivity index (χ0v) is 9.25. The summed E-state index contributed by atoms with van der Waals surface area (Å²) in [5, 5.41) is 0.449. The van der Waals surface area contributed by atoms with Crippen LogP contribution in [-0.4, -0.2) is 14.2 Å². The maximum atomic E-state index is 11.3. The van der Waals surface area contributed by atoms with Crippen molar-refractivity contribution in [2.24, 2.45) is 0 Å². The van der Waals surface area contributed by atoms with Gasteiger partial charge in [-0.05, 0) is 18.2 Å². The van der Waals surface area contributed by atoms with Crippen LogP contribution in [0.15, 0.2) is 29.2 Å². The van der Waals surface area contributed by atoms with Crippen molar-refractivity contribution >= 4 is 21.4 Å². The van der Waals surface area contributed by atoms with Gasteiger partial charge in [0.1, 0.15) is 0 Å². The molecule has 0 fully saturated rings. The molecule has 1 aromatic rings. The standard InChI is InChI=1S/C8H9ClO2S.Ar/c1-2-12(10,11)8-5-3-4-7(9)6-8;/h3-6H,2H2,1H3;. The van der Waals surface area contributed by atoms with Gasteiger partial charge in [-0.25, -0.2) is 8.42 Å². The third-order valence-corrected chi connectivity index (χ3v) is 3.50. The van der Waals surface area contributed by atoms with Crippen LogP contribution >= 0.6 is 11.6 Å². The first-order valence-electron chi connectivity index (χ1n) is 3.54. The second-order valence-corrected chi connectivity index (χ2v) is 5.08. The Hall–Kier alpha value is 0.720. The second kappa shape index (κ2) is 5.56. The van der Waals surface area contributed by atoms with Crippen LogP contribution in [-0.2, 0) is 9.84 Å². The van der Waals surface area contributed by atoms with Crippen molar-refractivity contribution in [1.82, 2.24) is 0 Å². The van der Waals surface area contributed by atoms with Crippen molar-refractivity contribution in [2.75, 3.05) is 5.75 Å². The van der Waals surface area contributed by atoms with E-state index in [-0.39, 0.29) is 48.4 Å². The predicted octanol–water partition coefficient (Wildman–Crippen LogP) is 2.13. The van der Waals surface area contributed by atoms with Gasteiger partial charge in [-0.1, -0.05) is 24.6 Å². The van der Waals surface area contributed by atoms with E-state index in [9.17, 15) is 8.42 Å². The third-order valence-electron chi connectivity index (χ3n) is 1.54. The number of sulfone groups is 1.